The molecule has 4 rings (SSSR count). The first-order valence-corrected chi connectivity index (χ1v) is 12.9. The van der Waals surface area contributed by atoms with Crippen LogP contribution in [0.3, 0.4) is 0 Å². The highest BCUT2D eigenvalue weighted by molar-refractivity contribution is 6.08. The summed E-state index contributed by atoms with van der Waals surface area (Å²) in [4.78, 5) is 35.1. The average molecular weight is 521 g/mol. The van der Waals surface area contributed by atoms with Gasteiger partial charge in [-0.25, -0.2) is 18.7 Å². The van der Waals surface area contributed by atoms with E-state index in [0.29, 0.717) is 35.9 Å². The lowest BCUT2D eigenvalue weighted by Gasteiger charge is -2.27. The van der Waals surface area contributed by atoms with Crippen molar-refractivity contribution in [3.63, 3.8) is 0 Å². The summed E-state index contributed by atoms with van der Waals surface area (Å²) in [6, 6.07) is 7.93. The van der Waals surface area contributed by atoms with Crippen molar-refractivity contribution < 1.29 is 19.1 Å². The molecule has 200 valence electrons. The maximum absolute atomic E-state index is 15.1. The largest absolute Gasteiger partial charge is 0.478 e. The molecule has 1 saturated heterocycles. The Kier molecular flexibility index (Phi) is 8.19. The maximum atomic E-state index is 15.1. The van der Waals surface area contributed by atoms with Crippen LogP contribution in [-0.4, -0.2) is 55.3 Å². The number of rotatable bonds is 7. The number of carbonyl (C=O) groups excluding carboxylic acids is 1. The number of carboxylic acid groups (broad SMARTS) is 1. The van der Waals surface area contributed by atoms with Crippen molar-refractivity contribution in [2.75, 3.05) is 6.54 Å². The Morgan fingerprint density at radius 1 is 1.24 bits per heavy atom. The number of nitrogens with two attached hydrogens (primary N) is 1. The van der Waals surface area contributed by atoms with Gasteiger partial charge in [0.1, 0.15) is 11.5 Å². The number of carboxylic acids is 1. The zero-order valence-electron chi connectivity index (χ0n) is 21.9. The molecule has 1 atom stereocenters. The molecule has 1 aliphatic rings. The molecule has 0 spiro atoms. The van der Waals surface area contributed by atoms with E-state index in [2.05, 4.69) is 35.8 Å². The number of benzene rings is 1. The number of likely N-dealkylation sites (tertiary alicyclic amines) is 1. The van der Waals surface area contributed by atoms with Crippen LogP contribution in [0.2, 0.25) is 0 Å². The van der Waals surface area contributed by atoms with Gasteiger partial charge in [-0.2, -0.15) is 5.10 Å². The summed E-state index contributed by atoms with van der Waals surface area (Å²) in [5.41, 5.74) is 7.60. The van der Waals surface area contributed by atoms with Crippen LogP contribution in [0, 0.1) is 11.7 Å². The molecule has 1 aliphatic heterocycles. The Morgan fingerprint density at radius 3 is 2.71 bits per heavy atom. The molecule has 38 heavy (non-hydrogen) atoms. The van der Waals surface area contributed by atoms with Crippen LogP contribution in [-0.2, 0) is 11.2 Å². The smallest absolute Gasteiger partial charge is 0.338 e. The van der Waals surface area contributed by atoms with Gasteiger partial charge in [-0.3, -0.25) is 9.79 Å². The van der Waals surface area contributed by atoms with Gasteiger partial charge >= 0.3 is 5.97 Å². The summed E-state index contributed by atoms with van der Waals surface area (Å²) in [5.74, 6) is -1.58. The van der Waals surface area contributed by atoms with E-state index in [1.807, 2.05) is 11.0 Å². The van der Waals surface area contributed by atoms with Crippen LogP contribution < -0.4 is 5.73 Å². The number of aromatic nitrogens is 3. The minimum Gasteiger partial charge on any atom is -0.478 e. The van der Waals surface area contributed by atoms with Crippen LogP contribution in [0.4, 0.5) is 10.1 Å². The average Bonchev–Trinajstić information content (AvgIpc) is 3.18. The SMILES string of the molecule is CC(C)Cc1cc(C(=O)N2CCCCC[C@H]2C)nc2cc(-c3ccc(N=CC(=CN)C(=O)O)cc3F)nn12. The second-order valence-electron chi connectivity index (χ2n) is 10.1. The monoisotopic (exact) mass is 520 g/mol. The molecule has 3 aromatic rings. The standard InChI is InChI=1S/C28H33FN6O3/c1-17(2)11-21-13-25(27(36)34-10-6-4-5-7-18(34)3)32-26-14-24(33-35(21)26)22-9-8-20(12-23(22)29)31-16-19(15-30)28(37)38/h8-9,12-18H,4-7,10-11,30H2,1-3H3,(H,37,38)/t18-/m1/s1. The molecule has 0 aliphatic carbocycles. The number of aliphatic imine (C=N–C) groups is 1. The summed E-state index contributed by atoms with van der Waals surface area (Å²) >= 11 is 0. The summed E-state index contributed by atoms with van der Waals surface area (Å²) in [6.45, 7) is 6.97. The molecule has 0 bridgehead atoms. The van der Waals surface area contributed by atoms with Gasteiger partial charge in [0, 0.05) is 48.4 Å². The Bertz CT molecular complexity index is 1410. The number of halogens is 1. The summed E-state index contributed by atoms with van der Waals surface area (Å²) < 4.78 is 16.8. The number of hydrogen-bond acceptors (Lipinski definition) is 6. The van der Waals surface area contributed by atoms with Gasteiger partial charge in [-0.1, -0.05) is 26.7 Å². The van der Waals surface area contributed by atoms with Gasteiger partial charge in [0.25, 0.3) is 5.91 Å². The van der Waals surface area contributed by atoms with E-state index in [9.17, 15) is 9.59 Å². The molecule has 0 unspecified atom stereocenters. The highest BCUT2D eigenvalue weighted by Crippen LogP contribution is 2.28. The topological polar surface area (TPSA) is 126 Å². The molecule has 9 nitrogen and oxygen atoms in total. The molecule has 1 aromatic carbocycles. The van der Waals surface area contributed by atoms with Crippen molar-refractivity contribution in [2.45, 2.75) is 58.9 Å². The summed E-state index contributed by atoms with van der Waals surface area (Å²) in [5, 5.41) is 13.7. The number of nitrogens with zero attached hydrogens (tertiary/aromatic N) is 5. The van der Waals surface area contributed by atoms with Crippen LogP contribution >= 0.6 is 0 Å². The van der Waals surface area contributed by atoms with Crippen LogP contribution in [0.25, 0.3) is 16.9 Å². The molecule has 0 saturated carbocycles. The van der Waals surface area contributed by atoms with E-state index in [1.165, 1.54) is 12.1 Å². The number of amides is 1. The second kappa shape index (κ2) is 11.5. The number of aliphatic carboxylic acids is 1. The predicted octanol–water partition coefficient (Wildman–Crippen LogP) is 4.77. The van der Waals surface area contributed by atoms with E-state index >= 15 is 4.39 Å². The van der Waals surface area contributed by atoms with Crippen LogP contribution in [0.1, 0.15) is 62.6 Å². The number of carbonyl (C=O) groups is 2. The molecule has 1 fully saturated rings. The summed E-state index contributed by atoms with van der Waals surface area (Å²) in [6.07, 6.45) is 6.84. The third-order valence-electron chi connectivity index (χ3n) is 6.66. The Hall–Kier alpha value is -4.08. The third-order valence-corrected chi connectivity index (χ3v) is 6.66. The van der Waals surface area contributed by atoms with Gasteiger partial charge in [0.2, 0.25) is 0 Å². The van der Waals surface area contributed by atoms with Gasteiger partial charge in [0.15, 0.2) is 5.65 Å². The van der Waals surface area contributed by atoms with Crippen molar-refractivity contribution in [3.8, 4) is 11.3 Å². The van der Waals surface area contributed by atoms with Crippen molar-refractivity contribution in [2.24, 2.45) is 16.6 Å². The fourth-order valence-electron chi connectivity index (χ4n) is 4.67. The van der Waals surface area contributed by atoms with Crippen molar-refractivity contribution in [3.05, 3.63) is 59.3 Å². The lowest BCUT2D eigenvalue weighted by atomic mass is 10.1. The number of fused-ring (bicyclic) bond motifs is 1. The fraction of sp³-hybridized carbons (Fsp3) is 0.393. The zero-order valence-corrected chi connectivity index (χ0v) is 21.9. The Balaban J connectivity index is 1.71. The normalized spacial score (nSPS) is 16.9. The van der Waals surface area contributed by atoms with E-state index in [-0.39, 0.29) is 28.8 Å². The lowest BCUT2D eigenvalue weighted by molar-refractivity contribution is -0.132. The third kappa shape index (κ3) is 5.90. The molecule has 1 amide bonds. The number of hydrogen-bond donors (Lipinski definition) is 2. The van der Waals surface area contributed by atoms with E-state index in [0.717, 1.165) is 43.8 Å². The second-order valence-corrected chi connectivity index (χ2v) is 10.1. The Morgan fingerprint density at radius 2 is 2.03 bits per heavy atom. The van der Waals surface area contributed by atoms with Crippen LogP contribution in [0.5, 0.6) is 0 Å². The van der Waals surface area contributed by atoms with E-state index in [1.54, 1.807) is 16.6 Å². The minimum absolute atomic E-state index is 0.0877. The highest BCUT2D eigenvalue weighted by Gasteiger charge is 2.26. The van der Waals surface area contributed by atoms with E-state index in [4.69, 9.17) is 10.8 Å². The Labute approximate surface area is 220 Å². The zero-order chi connectivity index (χ0) is 27.4. The molecule has 2 aromatic heterocycles. The van der Waals surface area contributed by atoms with Crippen molar-refractivity contribution >= 4 is 29.4 Å². The lowest BCUT2D eigenvalue weighted by Crippen LogP contribution is -2.38. The van der Waals surface area contributed by atoms with Gasteiger partial charge < -0.3 is 15.7 Å². The fourth-order valence-corrected chi connectivity index (χ4v) is 4.67. The summed E-state index contributed by atoms with van der Waals surface area (Å²) in [7, 11) is 0. The van der Waals surface area contributed by atoms with Crippen molar-refractivity contribution in [1.29, 1.82) is 0 Å². The molecule has 0 radical (unpaired) electrons. The first kappa shape index (κ1) is 27.0. The highest BCUT2D eigenvalue weighted by atomic mass is 19.1. The molecule has 10 heteroatoms. The molecular weight excluding hydrogens is 487 g/mol. The minimum atomic E-state index is -1.23. The van der Waals surface area contributed by atoms with E-state index < -0.39 is 11.8 Å². The van der Waals surface area contributed by atoms with Gasteiger partial charge in [0.05, 0.1) is 17.0 Å². The molecular formula is C28H33FN6O3. The van der Waals surface area contributed by atoms with Crippen molar-refractivity contribution in [1.82, 2.24) is 19.5 Å². The molecule has 3 N–H and O–H groups in total. The first-order chi connectivity index (χ1) is 18.2. The quantitative estimate of drug-likeness (QED) is 0.341. The van der Waals surface area contributed by atoms with Crippen LogP contribution in [0.15, 0.2) is 47.1 Å². The molecule has 3 heterocycles. The maximum Gasteiger partial charge on any atom is 0.338 e. The predicted molar refractivity (Wildman–Crippen MR) is 144 cm³/mol. The first-order valence-electron chi connectivity index (χ1n) is 12.9. The van der Waals surface area contributed by atoms with Gasteiger partial charge in [-0.05, 0) is 50.3 Å². The van der Waals surface area contributed by atoms with Gasteiger partial charge in [-0.15, -0.1) is 0 Å².